The van der Waals surface area contributed by atoms with E-state index in [1.165, 1.54) is 36.4 Å². The van der Waals surface area contributed by atoms with Crippen molar-refractivity contribution in [1.29, 1.82) is 0 Å². The summed E-state index contributed by atoms with van der Waals surface area (Å²) in [5.74, 6) is 1.03. The molecule has 4 aliphatic rings. The molecule has 0 aromatic heterocycles. The Bertz CT molecular complexity index is 2860. The first-order valence-electron chi connectivity index (χ1n) is 20.7. The summed E-state index contributed by atoms with van der Waals surface area (Å²) < 4.78 is 99.2. The zero-order chi connectivity index (χ0) is 43.7. The van der Waals surface area contributed by atoms with Crippen LogP contribution in [0.25, 0.3) is 27.8 Å². The van der Waals surface area contributed by atoms with E-state index in [1.807, 2.05) is 72.8 Å². The summed E-state index contributed by atoms with van der Waals surface area (Å²) in [4.78, 5) is 2.10. The first kappa shape index (κ1) is 40.2. The Morgan fingerprint density at radius 2 is 1.29 bits per heavy atom. The monoisotopic (exact) mass is 851 g/mol. The van der Waals surface area contributed by atoms with E-state index in [1.54, 1.807) is 12.1 Å². The third-order valence-electron chi connectivity index (χ3n) is 12.2. The summed E-state index contributed by atoms with van der Waals surface area (Å²) >= 11 is 0. The van der Waals surface area contributed by atoms with Gasteiger partial charge in [0.15, 0.2) is 5.75 Å². The summed E-state index contributed by atoms with van der Waals surface area (Å²) in [6, 6.07) is 39.1. The molecule has 0 radical (unpaired) electrons. The molecule has 10 heteroatoms. The molecule has 4 nitrogen and oxygen atoms in total. The molecule has 0 amide bonds. The van der Waals surface area contributed by atoms with E-state index >= 15 is 0 Å². The van der Waals surface area contributed by atoms with Gasteiger partial charge >= 0.3 is 12.7 Å². The van der Waals surface area contributed by atoms with Gasteiger partial charge in [-0.05, 0) is 141 Å². The molecule has 316 valence electrons. The van der Waals surface area contributed by atoms with Gasteiger partial charge in [-0.25, -0.2) is 0 Å². The molecule has 0 saturated carbocycles. The van der Waals surface area contributed by atoms with Gasteiger partial charge in [-0.3, -0.25) is 0 Å². The number of fused-ring (bicyclic) bond motifs is 5. The standard InChI is InChI=1S/C53H39F6NO3/c1-32-19-22-34(23-20-32)35-9-5-10-36(28-35)42-15-8-16-44-50(42)43-25-24-39(60-46-17-3-4-18-48(46)61-49-27-33(2)21-26-47(49)60)31-45(43)51(44,37-11-6-13-40(29-37)62-52(54,55)56)38-12-7-14-41(30-38)63-53(57,58)59/h3-19,22-33H,20-21H2,1-2H3. The summed E-state index contributed by atoms with van der Waals surface area (Å²) in [5.41, 5.74) is 8.19. The highest BCUT2D eigenvalue weighted by Gasteiger charge is 2.49. The van der Waals surface area contributed by atoms with Crippen molar-refractivity contribution in [2.75, 3.05) is 4.90 Å². The highest BCUT2D eigenvalue weighted by molar-refractivity contribution is 5.97. The summed E-state index contributed by atoms with van der Waals surface area (Å²) in [6.45, 7) is 4.28. The second-order valence-electron chi connectivity index (χ2n) is 16.4. The van der Waals surface area contributed by atoms with Gasteiger partial charge < -0.3 is 19.1 Å². The summed E-state index contributed by atoms with van der Waals surface area (Å²) in [6.07, 6.45) is 2.40. The highest BCUT2D eigenvalue weighted by Crippen LogP contribution is 2.60. The van der Waals surface area contributed by atoms with Gasteiger partial charge in [0.25, 0.3) is 0 Å². The SMILES string of the molecule is CC1C=CC(c2cccc(-c3cccc4c3-c3ccc(N5C6=CCC(C)C=C6Oc6ccccc65)cc3C4(c3cccc(OC(F)(F)F)c3)c3cccc(OC(F)(F)F)c3)c2)=CC1. The predicted molar refractivity (Wildman–Crippen MR) is 233 cm³/mol. The Morgan fingerprint density at radius 1 is 0.619 bits per heavy atom. The molecule has 63 heavy (non-hydrogen) atoms. The number of ether oxygens (including phenoxy) is 3. The van der Waals surface area contributed by atoms with E-state index in [0.717, 1.165) is 57.6 Å². The molecule has 0 fully saturated rings. The van der Waals surface area contributed by atoms with Crippen LogP contribution in [-0.4, -0.2) is 12.7 Å². The Balaban J connectivity index is 1.28. The van der Waals surface area contributed by atoms with Gasteiger partial charge in [-0.2, -0.15) is 0 Å². The van der Waals surface area contributed by atoms with Gasteiger partial charge in [-0.1, -0.05) is 117 Å². The van der Waals surface area contributed by atoms with Crippen molar-refractivity contribution in [3.63, 3.8) is 0 Å². The maximum Gasteiger partial charge on any atom is 0.573 e. The smallest absolute Gasteiger partial charge is 0.453 e. The number of para-hydroxylation sites is 2. The van der Waals surface area contributed by atoms with Crippen molar-refractivity contribution in [3.05, 3.63) is 203 Å². The number of anilines is 2. The van der Waals surface area contributed by atoms with Gasteiger partial charge in [-0.15, -0.1) is 26.3 Å². The third-order valence-corrected chi connectivity index (χ3v) is 12.2. The van der Waals surface area contributed by atoms with Crippen LogP contribution in [0.4, 0.5) is 37.7 Å². The average Bonchev–Trinajstić information content (AvgIpc) is 3.55. The molecule has 0 N–H and O–H groups in total. The number of benzene rings is 6. The fourth-order valence-electron chi connectivity index (χ4n) is 9.54. The van der Waals surface area contributed by atoms with Crippen LogP contribution in [0.2, 0.25) is 0 Å². The molecule has 10 rings (SSSR count). The lowest BCUT2D eigenvalue weighted by atomic mass is 9.67. The average molecular weight is 852 g/mol. The lowest BCUT2D eigenvalue weighted by Crippen LogP contribution is -2.30. The Kier molecular flexibility index (Phi) is 9.66. The number of halogens is 6. The number of allylic oxidation sites excluding steroid dienone is 6. The summed E-state index contributed by atoms with van der Waals surface area (Å²) in [7, 11) is 0. The van der Waals surface area contributed by atoms with Crippen LogP contribution in [0.5, 0.6) is 17.2 Å². The molecule has 3 aliphatic carbocycles. The van der Waals surface area contributed by atoms with E-state index in [2.05, 4.69) is 70.7 Å². The molecule has 0 saturated heterocycles. The van der Waals surface area contributed by atoms with Crippen molar-refractivity contribution < 1.29 is 40.6 Å². The minimum Gasteiger partial charge on any atom is -0.453 e. The fourth-order valence-corrected chi connectivity index (χ4v) is 9.54. The maximum atomic E-state index is 13.9. The van der Waals surface area contributed by atoms with Crippen LogP contribution in [0.15, 0.2) is 175 Å². The van der Waals surface area contributed by atoms with Crippen molar-refractivity contribution in [1.82, 2.24) is 0 Å². The molecule has 6 aromatic rings. The van der Waals surface area contributed by atoms with Crippen LogP contribution in [0.3, 0.4) is 0 Å². The number of rotatable bonds is 7. The number of hydrogen-bond donors (Lipinski definition) is 0. The second kappa shape index (κ2) is 15.1. The first-order chi connectivity index (χ1) is 30.2. The van der Waals surface area contributed by atoms with Gasteiger partial charge in [0.05, 0.1) is 16.8 Å². The zero-order valence-electron chi connectivity index (χ0n) is 34.1. The van der Waals surface area contributed by atoms with Gasteiger partial charge in [0.2, 0.25) is 0 Å². The molecule has 2 unspecified atom stereocenters. The molecule has 1 heterocycles. The first-order valence-corrected chi connectivity index (χ1v) is 20.7. The van der Waals surface area contributed by atoms with Crippen LogP contribution in [0, 0.1) is 11.8 Å². The fraction of sp³-hybridized carbons (Fsp3) is 0.170. The third kappa shape index (κ3) is 7.27. The highest BCUT2D eigenvalue weighted by atomic mass is 19.4. The quantitative estimate of drug-likeness (QED) is 0.150. The minimum atomic E-state index is -5.01. The lowest BCUT2D eigenvalue weighted by Gasteiger charge is -2.38. The predicted octanol–water partition coefficient (Wildman–Crippen LogP) is 14.8. The van der Waals surface area contributed by atoms with E-state index in [-0.39, 0.29) is 5.92 Å². The minimum absolute atomic E-state index is 0.223. The van der Waals surface area contributed by atoms with Crippen molar-refractivity contribution in [2.45, 2.75) is 44.8 Å². The van der Waals surface area contributed by atoms with Crippen LogP contribution in [0.1, 0.15) is 54.5 Å². The topological polar surface area (TPSA) is 30.9 Å². The largest absolute Gasteiger partial charge is 0.573 e. The molecule has 0 bridgehead atoms. The molecular weight excluding hydrogens is 813 g/mol. The molecule has 2 atom stereocenters. The Labute approximate surface area is 360 Å². The van der Waals surface area contributed by atoms with E-state index in [0.29, 0.717) is 45.4 Å². The van der Waals surface area contributed by atoms with Crippen LogP contribution < -0.4 is 19.1 Å². The van der Waals surface area contributed by atoms with E-state index in [4.69, 9.17) is 4.74 Å². The van der Waals surface area contributed by atoms with Crippen LogP contribution >= 0.6 is 0 Å². The summed E-state index contributed by atoms with van der Waals surface area (Å²) in [5, 5.41) is 0. The van der Waals surface area contributed by atoms with E-state index in [9.17, 15) is 26.3 Å². The Morgan fingerprint density at radius 3 is 1.98 bits per heavy atom. The molecular formula is C53H39F6NO3. The normalized spacial score (nSPS) is 18.5. The number of hydrogen-bond acceptors (Lipinski definition) is 4. The zero-order valence-corrected chi connectivity index (χ0v) is 34.1. The number of nitrogens with zero attached hydrogens (tertiary/aromatic N) is 1. The Hall–Kier alpha value is -6.94. The van der Waals surface area contributed by atoms with Crippen molar-refractivity contribution in [3.8, 4) is 39.5 Å². The maximum absolute atomic E-state index is 13.9. The van der Waals surface area contributed by atoms with Crippen molar-refractivity contribution in [2.24, 2.45) is 11.8 Å². The van der Waals surface area contributed by atoms with Crippen molar-refractivity contribution >= 4 is 16.9 Å². The van der Waals surface area contributed by atoms with Crippen LogP contribution in [-0.2, 0) is 5.41 Å². The molecule has 0 spiro atoms. The molecule has 6 aromatic carbocycles. The van der Waals surface area contributed by atoms with Gasteiger partial charge in [0, 0.05) is 5.69 Å². The second-order valence-corrected chi connectivity index (χ2v) is 16.4. The molecule has 1 aliphatic heterocycles. The van der Waals surface area contributed by atoms with Gasteiger partial charge in [0.1, 0.15) is 17.3 Å². The van der Waals surface area contributed by atoms with E-state index < -0.39 is 29.6 Å². The lowest BCUT2D eigenvalue weighted by molar-refractivity contribution is -0.275. The number of alkyl halides is 6.